The fourth-order valence-electron chi connectivity index (χ4n) is 1.66. The maximum absolute atomic E-state index is 6.22. The van der Waals surface area contributed by atoms with E-state index in [1.54, 1.807) is 7.11 Å². The molecule has 0 radical (unpaired) electrons. The van der Waals surface area contributed by atoms with Crippen LogP contribution in [0, 0.1) is 0 Å². The maximum Gasteiger partial charge on any atom is 0.120 e. The van der Waals surface area contributed by atoms with Crippen molar-refractivity contribution in [3.05, 3.63) is 28.8 Å². The van der Waals surface area contributed by atoms with Crippen molar-refractivity contribution in [2.75, 3.05) is 26.0 Å². The second-order valence-corrected chi connectivity index (χ2v) is 5.17. The molecule has 0 bridgehead atoms. The zero-order valence-electron chi connectivity index (χ0n) is 8.63. The van der Waals surface area contributed by atoms with Crippen molar-refractivity contribution in [2.45, 2.75) is 5.25 Å². The van der Waals surface area contributed by atoms with Crippen LogP contribution in [-0.2, 0) is 0 Å². The van der Waals surface area contributed by atoms with Crippen molar-refractivity contribution < 1.29 is 4.74 Å². The first-order chi connectivity index (χ1) is 7.31. The summed E-state index contributed by atoms with van der Waals surface area (Å²) in [7, 11) is 1.66. The van der Waals surface area contributed by atoms with Gasteiger partial charge in [-0.2, -0.15) is 11.8 Å². The molecule has 15 heavy (non-hydrogen) atoms. The van der Waals surface area contributed by atoms with Gasteiger partial charge in [0.25, 0.3) is 0 Å². The summed E-state index contributed by atoms with van der Waals surface area (Å²) in [4.78, 5) is 0. The molecule has 1 heterocycles. The van der Waals surface area contributed by atoms with E-state index in [4.69, 9.17) is 16.3 Å². The highest BCUT2D eigenvalue weighted by Gasteiger charge is 2.18. The molecule has 0 amide bonds. The molecule has 0 saturated carbocycles. The van der Waals surface area contributed by atoms with E-state index >= 15 is 0 Å². The van der Waals surface area contributed by atoms with Crippen molar-refractivity contribution >= 4 is 23.4 Å². The predicted octanol–water partition coefficient (Wildman–Crippen LogP) is 2.73. The quantitative estimate of drug-likeness (QED) is 0.863. The summed E-state index contributed by atoms with van der Waals surface area (Å²) < 4.78 is 5.13. The Morgan fingerprint density at radius 3 is 3.00 bits per heavy atom. The summed E-state index contributed by atoms with van der Waals surface area (Å²) in [6.07, 6.45) is 0. The highest BCUT2D eigenvalue weighted by atomic mass is 35.5. The predicted molar refractivity (Wildman–Crippen MR) is 66.1 cm³/mol. The Kier molecular flexibility index (Phi) is 3.78. The average Bonchev–Trinajstić information content (AvgIpc) is 2.30. The number of nitrogens with one attached hydrogen (secondary N) is 1. The van der Waals surface area contributed by atoms with Gasteiger partial charge >= 0.3 is 0 Å². The Morgan fingerprint density at radius 1 is 1.53 bits per heavy atom. The fourth-order valence-corrected chi connectivity index (χ4v) is 3.20. The van der Waals surface area contributed by atoms with Crippen molar-refractivity contribution in [3.8, 4) is 5.75 Å². The Bertz CT molecular complexity index is 339. The summed E-state index contributed by atoms with van der Waals surface area (Å²) in [5.41, 5.74) is 1.20. The molecule has 1 N–H and O–H groups in total. The smallest absolute Gasteiger partial charge is 0.120 e. The van der Waals surface area contributed by atoms with Gasteiger partial charge in [0.05, 0.1) is 7.11 Å². The molecule has 1 aromatic rings. The molecule has 1 aromatic carbocycles. The first-order valence-corrected chi connectivity index (χ1v) is 6.39. The van der Waals surface area contributed by atoms with E-state index in [0.717, 1.165) is 29.6 Å². The number of thioether (sulfide) groups is 1. The monoisotopic (exact) mass is 243 g/mol. The normalized spacial score (nSPS) is 21.3. The SMILES string of the molecule is COc1ccc(C2CNCCS2)c(Cl)c1. The molecule has 1 saturated heterocycles. The summed E-state index contributed by atoms with van der Waals surface area (Å²) in [6.45, 7) is 2.09. The molecule has 1 unspecified atom stereocenters. The van der Waals surface area contributed by atoms with Crippen molar-refractivity contribution in [1.82, 2.24) is 5.32 Å². The molecule has 2 nitrogen and oxygen atoms in total. The Balaban J connectivity index is 2.19. The number of hydrogen-bond acceptors (Lipinski definition) is 3. The molecule has 1 fully saturated rings. The third-order valence-corrected chi connectivity index (χ3v) is 4.07. The number of rotatable bonds is 2. The molecule has 1 aliphatic heterocycles. The molecule has 0 aliphatic carbocycles. The van der Waals surface area contributed by atoms with Gasteiger partial charge in [0.1, 0.15) is 5.75 Å². The highest BCUT2D eigenvalue weighted by Crippen LogP contribution is 2.36. The lowest BCUT2D eigenvalue weighted by molar-refractivity contribution is 0.414. The van der Waals surface area contributed by atoms with Gasteiger partial charge in [-0.05, 0) is 17.7 Å². The molecule has 0 aromatic heterocycles. The van der Waals surface area contributed by atoms with Gasteiger partial charge in [-0.25, -0.2) is 0 Å². The van der Waals surface area contributed by atoms with Crippen LogP contribution in [0.25, 0.3) is 0 Å². The van der Waals surface area contributed by atoms with E-state index in [2.05, 4.69) is 11.4 Å². The molecule has 2 rings (SSSR count). The third kappa shape index (κ3) is 2.60. The maximum atomic E-state index is 6.22. The highest BCUT2D eigenvalue weighted by molar-refractivity contribution is 7.99. The Morgan fingerprint density at radius 2 is 2.40 bits per heavy atom. The van der Waals surface area contributed by atoms with E-state index in [9.17, 15) is 0 Å². The van der Waals surface area contributed by atoms with Crippen LogP contribution in [0.1, 0.15) is 10.8 Å². The van der Waals surface area contributed by atoms with Gasteiger partial charge in [0.15, 0.2) is 0 Å². The molecule has 0 spiro atoms. The number of methoxy groups -OCH3 is 1. The van der Waals surface area contributed by atoms with Gasteiger partial charge in [0.2, 0.25) is 0 Å². The molecule has 4 heteroatoms. The molecule has 82 valence electrons. The minimum absolute atomic E-state index is 0.470. The third-order valence-electron chi connectivity index (χ3n) is 2.48. The second-order valence-electron chi connectivity index (χ2n) is 3.45. The molecule has 1 aliphatic rings. The van der Waals surface area contributed by atoms with E-state index in [-0.39, 0.29) is 0 Å². The summed E-state index contributed by atoms with van der Waals surface area (Å²) >= 11 is 8.18. The average molecular weight is 244 g/mol. The number of hydrogen-bond donors (Lipinski definition) is 1. The van der Waals surface area contributed by atoms with Gasteiger partial charge in [-0.1, -0.05) is 17.7 Å². The van der Waals surface area contributed by atoms with Crippen LogP contribution >= 0.6 is 23.4 Å². The second kappa shape index (κ2) is 5.10. The molecule has 1 atom stereocenters. The molecular weight excluding hydrogens is 230 g/mol. The lowest BCUT2D eigenvalue weighted by Gasteiger charge is -2.23. The lowest BCUT2D eigenvalue weighted by Crippen LogP contribution is -2.28. The van der Waals surface area contributed by atoms with Crippen molar-refractivity contribution in [3.63, 3.8) is 0 Å². The summed E-state index contributed by atoms with van der Waals surface area (Å²) in [6, 6.07) is 5.91. The van der Waals surface area contributed by atoms with Crippen LogP contribution < -0.4 is 10.1 Å². The van der Waals surface area contributed by atoms with Crippen molar-refractivity contribution in [1.29, 1.82) is 0 Å². The van der Waals surface area contributed by atoms with Crippen LogP contribution in [0.15, 0.2) is 18.2 Å². The van der Waals surface area contributed by atoms with Crippen LogP contribution in [0.2, 0.25) is 5.02 Å². The zero-order chi connectivity index (χ0) is 10.7. The van der Waals surface area contributed by atoms with E-state index in [1.807, 2.05) is 23.9 Å². The fraction of sp³-hybridized carbons (Fsp3) is 0.455. The minimum Gasteiger partial charge on any atom is -0.497 e. The lowest BCUT2D eigenvalue weighted by atomic mass is 10.1. The number of halogens is 1. The van der Waals surface area contributed by atoms with E-state index < -0.39 is 0 Å². The van der Waals surface area contributed by atoms with E-state index in [0.29, 0.717) is 5.25 Å². The van der Waals surface area contributed by atoms with Gasteiger partial charge in [-0.15, -0.1) is 0 Å². The zero-order valence-corrected chi connectivity index (χ0v) is 10.2. The van der Waals surface area contributed by atoms with Crippen LogP contribution in [-0.4, -0.2) is 26.0 Å². The minimum atomic E-state index is 0.470. The largest absolute Gasteiger partial charge is 0.497 e. The van der Waals surface area contributed by atoms with Gasteiger partial charge < -0.3 is 10.1 Å². The Labute approximate surface area is 99.3 Å². The van der Waals surface area contributed by atoms with Crippen LogP contribution in [0.3, 0.4) is 0 Å². The van der Waals surface area contributed by atoms with E-state index in [1.165, 1.54) is 5.56 Å². The number of benzene rings is 1. The molecular formula is C11H14ClNOS. The first kappa shape index (κ1) is 11.1. The van der Waals surface area contributed by atoms with Gasteiger partial charge in [0, 0.05) is 29.1 Å². The summed E-state index contributed by atoms with van der Waals surface area (Å²) in [5, 5.41) is 4.65. The van der Waals surface area contributed by atoms with Gasteiger partial charge in [-0.3, -0.25) is 0 Å². The van der Waals surface area contributed by atoms with Crippen molar-refractivity contribution in [2.24, 2.45) is 0 Å². The first-order valence-electron chi connectivity index (χ1n) is 4.97. The topological polar surface area (TPSA) is 21.3 Å². The standard InChI is InChI=1S/C11H14ClNOS/c1-14-8-2-3-9(10(12)6-8)11-7-13-4-5-15-11/h2-3,6,11,13H,4-5,7H2,1H3. The Hall–Kier alpha value is -0.380. The van der Waals surface area contributed by atoms with Crippen LogP contribution in [0.4, 0.5) is 0 Å². The van der Waals surface area contributed by atoms with Crippen LogP contribution in [0.5, 0.6) is 5.75 Å². The number of ether oxygens (including phenoxy) is 1. The summed E-state index contributed by atoms with van der Waals surface area (Å²) in [5.74, 6) is 1.96.